The van der Waals surface area contributed by atoms with Crippen molar-refractivity contribution >= 4 is 6.09 Å². The van der Waals surface area contributed by atoms with Crippen LogP contribution in [-0.4, -0.2) is 56.1 Å². The van der Waals surface area contributed by atoms with Crippen LogP contribution in [0.4, 0.5) is 4.79 Å². The topological polar surface area (TPSA) is 98.3 Å². The van der Waals surface area contributed by atoms with Gasteiger partial charge in [0.1, 0.15) is 5.60 Å². The smallest absolute Gasteiger partial charge is 0.410 e. The summed E-state index contributed by atoms with van der Waals surface area (Å²) in [6, 6.07) is 2.26. The van der Waals surface area contributed by atoms with Crippen LogP contribution in [0.2, 0.25) is 0 Å². The molecule has 0 spiro atoms. The first kappa shape index (κ1) is 20.8. The van der Waals surface area contributed by atoms with Crippen molar-refractivity contribution in [1.82, 2.24) is 30.1 Å². The third-order valence-corrected chi connectivity index (χ3v) is 5.81. The Balaban J connectivity index is 1.34. The Morgan fingerprint density at radius 3 is 2.67 bits per heavy atom. The van der Waals surface area contributed by atoms with E-state index in [4.69, 9.17) is 14.2 Å². The number of nitrogens with zero attached hydrogens (tertiary/aromatic N) is 5. The average Bonchev–Trinajstić information content (AvgIpc) is 3.36. The Labute approximate surface area is 177 Å². The van der Waals surface area contributed by atoms with Gasteiger partial charge >= 0.3 is 6.09 Å². The third kappa shape index (κ3) is 4.83. The first-order valence-corrected chi connectivity index (χ1v) is 10.8. The van der Waals surface area contributed by atoms with Gasteiger partial charge in [0.25, 0.3) is 0 Å². The first-order chi connectivity index (χ1) is 14.3. The monoisotopic (exact) mass is 416 g/mol. The summed E-state index contributed by atoms with van der Waals surface area (Å²) in [5.41, 5.74) is 0.579. The second-order valence-corrected chi connectivity index (χ2v) is 9.37. The van der Waals surface area contributed by atoms with Crippen LogP contribution in [0.25, 0.3) is 0 Å². The van der Waals surface area contributed by atoms with E-state index in [-0.39, 0.29) is 24.0 Å². The van der Waals surface area contributed by atoms with Gasteiger partial charge in [-0.2, -0.15) is 10.1 Å². The quantitative estimate of drug-likeness (QED) is 0.821. The second-order valence-electron chi connectivity index (χ2n) is 9.37. The number of likely N-dealkylation sites (tertiary alicyclic amines) is 1. The number of carbonyl (C=O) groups is 1. The van der Waals surface area contributed by atoms with Crippen LogP contribution in [0.3, 0.4) is 0 Å². The van der Waals surface area contributed by atoms with E-state index < -0.39 is 5.60 Å². The van der Waals surface area contributed by atoms with E-state index in [2.05, 4.69) is 21.6 Å². The second kappa shape index (κ2) is 8.37. The van der Waals surface area contributed by atoms with Gasteiger partial charge in [0.15, 0.2) is 5.82 Å². The summed E-state index contributed by atoms with van der Waals surface area (Å²) in [6.45, 7) is 7.86. The number of aromatic nitrogens is 4. The molecule has 0 aromatic carbocycles. The van der Waals surface area contributed by atoms with Gasteiger partial charge < -0.3 is 19.5 Å². The molecule has 30 heavy (non-hydrogen) atoms. The van der Waals surface area contributed by atoms with Gasteiger partial charge in [-0.25, -0.2) is 4.79 Å². The van der Waals surface area contributed by atoms with Crippen LogP contribution < -0.4 is 5.32 Å². The van der Waals surface area contributed by atoms with Gasteiger partial charge in [-0.05, 0) is 59.1 Å². The van der Waals surface area contributed by atoms with Crippen molar-refractivity contribution in [2.45, 2.75) is 69.9 Å². The van der Waals surface area contributed by atoms with Crippen molar-refractivity contribution in [3.8, 4) is 0 Å². The molecule has 0 bridgehead atoms. The molecule has 0 radical (unpaired) electrons. The lowest BCUT2D eigenvalue weighted by molar-refractivity contribution is 0.0203. The van der Waals surface area contributed by atoms with Crippen molar-refractivity contribution in [2.75, 3.05) is 19.6 Å². The van der Waals surface area contributed by atoms with Gasteiger partial charge in [0.05, 0.1) is 11.7 Å². The van der Waals surface area contributed by atoms with Crippen LogP contribution in [0.5, 0.6) is 0 Å². The molecule has 164 valence electrons. The van der Waals surface area contributed by atoms with Crippen molar-refractivity contribution in [2.24, 2.45) is 7.05 Å². The maximum absolute atomic E-state index is 12.3. The van der Waals surface area contributed by atoms with Gasteiger partial charge in [-0.3, -0.25) is 4.68 Å². The number of piperidine rings is 2. The van der Waals surface area contributed by atoms with Crippen LogP contribution in [0.15, 0.2) is 16.8 Å². The molecule has 0 saturated carbocycles. The van der Waals surface area contributed by atoms with E-state index in [0.717, 1.165) is 49.6 Å². The molecule has 9 nitrogen and oxygen atoms in total. The van der Waals surface area contributed by atoms with E-state index in [1.807, 2.05) is 38.7 Å². The van der Waals surface area contributed by atoms with E-state index >= 15 is 0 Å². The van der Waals surface area contributed by atoms with Crippen molar-refractivity contribution in [1.29, 1.82) is 0 Å². The fourth-order valence-corrected chi connectivity index (χ4v) is 4.21. The van der Waals surface area contributed by atoms with E-state index in [0.29, 0.717) is 13.1 Å². The van der Waals surface area contributed by atoms with Crippen LogP contribution in [0, 0.1) is 0 Å². The Morgan fingerprint density at radius 1 is 1.23 bits per heavy atom. The Kier molecular flexibility index (Phi) is 5.81. The molecule has 2 saturated heterocycles. The molecule has 2 atom stereocenters. The van der Waals surface area contributed by atoms with Crippen molar-refractivity contribution in [3.63, 3.8) is 0 Å². The molecule has 4 heterocycles. The predicted octanol–water partition coefficient (Wildman–Crippen LogP) is 3.13. The number of amides is 1. The number of hydrogen-bond acceptors (Lipinski definition) is 7. The van der Waals surface area contributed by atoms with E-state index in [9.17, 15) is 4.79 Å². The summed E-state index contributed by atoms with van der Waals surface area (Å²) in [5, 5.41) is 12.3. The van der Waals surface area contributed by atoms with Crippen LogP contribution >= 0.6 is 0 Å². The highest BCUT2D eigenvalue weighted by atomic mass is 16.6. The van der Waals surface area contributed by atoms with Gasteiger partial charge in [-0.1, -0.05) is 5.16 Å². The van der Waals surface area contributed by atoms with Gasteiger partial charge in [0.2, 0.25) is 5.89 Å². The molecular formula is C21H32N6O3. The molecule has 2 unspecified atom stereocenters. The highest BCUT2D eigenvalue weighted by Gasteiger charge is 2.32. The summed E-state index contributed by atoms with van der Waals surface area (Å²) < 4.78 is 13.0. The number of carbonyl (C=O) groups excluding carboxylic acids is 1. The third-order valence-electron chi connectivity index (χ3n) is 5.81. The van der Waals surface area contributed by atoms with E-state index in [1.54, 1.807) is 4.90 Å². The molecule has 9 heteroatoms. The van der Waals surface area contributed by atoms with Crippen LogP contribution in [-0.2, 0) is 11.8 Å². The zero-order valence-corrected chi connectivity index (χ0v) is 18.3. The number of ether oxygens (including phenoxy) is 1. The zero-order chi connectivity index (χ0) is 21.3. The molecule has 2 fully saturated rings. The number of nitrogens with one attached hydrogen (secondary N) is 1. The Bertz CT molecular complexity index is 862. The minimum absolute atomic E-state index is 0.206. The lowest BCUT2D eigenvalue weighted by Gasteiger charge is -2.32. The summed E-state index contributed by atoms with van der Waals surface area (Å²) in [5.74, 6) is 1.94. The Hall–Kier alpha value is -2.42. The lowest BCUT2D eigenvalue weighted by Crippen LogP contribution is -2.41. The largest absolute Gasteiger partial charge is 0.444 e. The lowest BCUT2D eigenvalue weighted by atomic mass is 9.90. The molecule has 4 rings (SSSR count). The molecule has 2 aromatic rings. The maximum atomic E-state index is 12.3. The number of aryl methyl sites for hydroxylation is 1. The highest BCUT2D eigenvalue weighted by molar-refractivity contribution is 5.68. The molecule has 2 aromatic heterocycles. The van der Waals surface area contributed by atoms with Crippen molar-refractivity contribution in [3.05, 3.63) is 29.7 Å². The zero-order valence-electron chi connectivity index (χ0n) is 18.3. The molecular weight excluding hydrogens is 384 g/mol. The SMILES string of the molecule is Cn1ccc(C2CC(c3nc(C4CCN(C(=O)OC(C)(C)C)CC4)no3)CCN2)n1. The minimum atomic E-state index is -0.474. The molecule has 2 aliphatic rings. The average molecular weight is 417 g/mol. The standard InChI is InChI=1S/C21H32N6O3/c1-21(2,3)29-20(28)27-11-6-14(7-12-27)18-23-19(30-25-18)15-5-9-22-17(13-15)16-8-10-26(4)24-16/h8,10,14-15,17,22H,5-7,9,11-13H2,1-4H3. The fraction of sp³-hybridized carbons (Fsp3) is 0.714. The molecule has 0 aliphatic carbocycles. The normalized spacial score (nSPS) is 23.5. The first-order valence-electron chi connectivity index (χ1n) is 10.8. The number of hydrogen-bond donors (Lipinski definition) is 1. The molecule has 1 amide bonds. The Morgan fingerprint density at radius 2 is 2.00 bits per heavy atom. The summed E-state index contributed by atoms with van der Waals surface area (Å²) in [7, 11) is 1.93. The maximum Gasteiger partial charge on any atom is 0.410 e. The molecule has 2 aliphatic heterocycles. The summed E-state index contributed by atoms with van der Waals surface area (Å²) >= 11 is 0. The van der Waals surface area contributed by atoms with Gasteiger partial charge in [-0.15, -0.1) is 0 Å². The highest BCUT2D eigenvalue weighted by Crippen LogP contribution is 2.34. The van der Waals surface area contributed by atoms with Crippen molar-refractivity contribution < 1.29 is 14.1 Å². The number of rotatable bonds is 3. The predicted molar refractivity (Wildman–Crippen MR) is 110 cm³/mol. The van der Waals surface area contributed by atoms with Crippen LogP contribution in [0.1, 0.15) is 81.7 Å². The summed E-state index contributed by atoms with van der Waals surface area (Å²) in [4.78, 5) is 18.8. The minimum Gasteiger partial charge on any atom is -0.444 e. The van der Waals surface area contributed by atoms with Gasteiger partial charge in [0, 0.05) is 38.2 Å². The molecule has 1 N–H and O–H groups in total. The fourth-order valence-electron chi connectivity index (χ4n) is 4.21. The summed E-state index contributed by atoms with van der Waals surface area (Å²) in [6.07, 6.45) is 5.24. The van der Waals surface area contributed by atoms with E-state index in [1.165, 1.54) is 0 Å².